The number of methoxy groups -OCH3 is 1. The second kappa shape index (κ2) is 6.76. The van der Waals surface area contributed by atoms with E-state index < -0.39 is 10.0 Å². The third-order valence-corrected chi connectivity index (χ3v) is 5.53. The summed E-state index contributed by atoms with van der Waals surface area (Å²) in [7, 11) is -2.17. The molecule has 3 rings (SSSR count). The molecule has 0 aliphatic carbocycles. The Morgan fingerprint density at radius 3 is 2.52 bits per heavy atom. The molecule has 25 heavy (non-hydrogen) atoms. The Labute approximate surface area is 148 Å². The van der Waals surface area contributed by atoms with Crippen LogP contribution in [0.1, 0.15) is 19.4 Å². The van der Waals surface area contributed by atoms with Crippen molar-refractivity contribution in [3.05, 3.63) is 48.0 Å². The molecule has 132 valence electrons. The van der Waals surface area contributed by atoms with E-state index in [1.165, 1.54) is 0 Å². The van der Waals surface area contributed by atoms with Crippen molar-refractivity contribution < 1.29 is 13.2 Å². The predicted molar refractivity (Wildman–Crippen MR) is 100 cm³/mol. The Morgan fingerprint density at radius 2 is 1.84 bits per heavy atom. The lowest BCUT2D eigenvalue weighted by Crippen LogP contribution is -2.24. The second-order valence-corrected chi connectivity index (χ2v) is 7.17. The lowest BCUT2D eigenvalue weighted by atomic mass is 10.1. The molecule has 0 fully saturated rings. The third kappa shape index (κ3) is 3.19. The molecular weight excluding hydrogens is 338 g/mol. The third-order valence-electron chi connectivity index (χ3n) is 4.20. The highest BCUT2D eigenvalue weighted by atomic mass is 32.2. The molecule has 0 bridgehead atoms. The lowest BCUT2D eigenvalue weighted by Gasteiger charge is -2.23. The molecule has 7 heteroatoms. The number of hydrogen-bond donors (Lipinski definition) is 1. The van der Waals surface area contributed by atoms with Crippen molar-refractivity contribution >= 4 is 27.2 Å². The van der Waals surface area contributed by atoms with Gasteiger partial charge in [-0.15, -0.1) is 4.40 Å². The second-order valence-electron chi connectivity index (χ2n) is 5.59. The lowest BCUT2D eigenvalue weighted by molar-refractivity contribution is 0.414. The Kier molecular flexibility index (Phi) is 4.67. The standard InChI is InChI=1S/C18H21N3O3S/c1-4-21(5-2)13-10-11-14(16(12-13)24-3)18-19-15-8-6-7-9-17(15)25(22,23)20-18/h6-12H,4-5H2,1-3H3,(H,19,20). The van der Waals surface area contributed by atoms with Crippen LogP contribution < -0.4 is 15.0 Å². The number of nitrogens with one attached hydrogen (secondary N) is 1. The SMILES string of the molecule is CCN(CC)c1ccc(C2=NS(=O)(=O)c3ccccc3N2)c(OC)c1. The molecule has 2 aromatic carbocycles. The van der Waals surface area contributed by atoms with Gasteiger partial charge in [-0.2, -0.15) is 8.42 Å². The largest absolute Gasteiger partial charge is 0.496 e. The van der Waals surface area contributed by atoms with Crippen LogP contribution in [0.25, 0.3) is 0 Å². The Hall–Kier alpha value is -2.54. The molecule has 0 atom stereocenters. The molecule has 0 aromatic heterocycles. The summed E-state index contributed by atoms with van der Waals surface area (Å²) in [5.41, 5.74) is 2.14. The summed E-state index contributed by atoms with van der Waals surface area (Å²) in [6.07, 6.45) is 0. The van der Waals surface area contributed by atoms with E-state index in [1.807, 2.05) is 18.2 Å². The summed E-state index contributed by atoms with van der Waals surface area (Å²) < 4.78 is 34.3. The number of amidine groups is 1. The normalized spacial score (nSPS) is 14.9. The van der Waals surface area contributed by atoms with Crippen molar-refractivity contribution in [2.75, 3.05) is 30.4 Å². The van der Waals surface area contributed by atoms with Crippen LogP contribution in [0.5, 0.6) is 5.75 Å². The minimum Gasteiger partial charge on any atom is -0.496 e. The molecule has 0 spiro atoms. The van der Waals surface area contributed by atoms with Gasteiger partial charge in [0.2, 0.25) is 0 Å². The maximum absolute atomic E-state index is 12.4. The van der Waals surface area contributed by atoms with E-state index in [9.17, 15) is 8.42 Å². The van der Waals surface area contributed by atoms with Gasteiger partial charge < -0.3 is 15.0 Å². The Bertz CT molecular complexity index is 919. The van der Waals surface area contributed by atoms with Gasteiger partial charge in [-0.3, -0.25) is 0 Å². The van der Waals surface area contributed by atoms with Gasteiger partial charge in [0.05, 0.1) is 18.4 Å². The van der Waals surface area contributed by atoms with E-state index in [1.54, 1.807) is 31.4 Å². The number of hydrogen-bond acceptors (Lipinski definition) is 5. The van der Waals surface area contributed by atoms with Crippen LogP contribution >= 0.6 is 0 Å². The van der Waals surface area contributed by atoms with Crippen molar-refractivity contribution in [3.63, 3.8) is 0 Å². The summed E-state index contributed by atoms with van der Waals surface area (Å²) >= 11 is 0. The van der Waals surface area contributed by atoms with Crippen LogP contribution in [0.15, 0.2) is 51.8 Å². The number of fused-ring (bicyclic) bond motifs is 1. The van der Waals surface area contributed by atoms with Crippen LogP contribution in [0.3, 0.4) is 0 Å². The van der Waals surface area contributed by atoms with E-state index in [0.717, 1.165) is 18.8 Å². The van der Waals surface area contributed by atoms with Gasteiger partial charge in [-0.1, -0.05) is 12.1 Å². The van der Waals surface area contributed by atoms with Crippen LogP contribution in [0, 0.1) is 0 Å². The van der Waals surface area contributed by atoms with E-state index in [2.05, 4.69) is 28.5 Å². The molecule has 1 aliphatic rings. The quantitative estimate of drug-likeness (QED) is 0.888. The first-order valence-electron chi connectivity index (χ1n) is 8.14. The van der Waals surface area contributed by atoms with Gasteiger partial charge in [0.1, 0.15) is 10.6 Å². The molecule has 1 aliphatic heterocycles. The Balaban J connectivity index is 2.07. The maximum Gasteiger partial charge on any atom is 0.286 e. The fourth-order valence-electron chi connectivity index (χ4n) is 2.89. The van der Waals surface area contributed by atoms with E-state index >= 15 is 0 Å². The van der Waals surface area contributed by atoms with Gasteiger partial charge in [0, 0.05) is 24.8 Å². The maximum atomic E-state index is 12.4. The summed E-state index contributed by atoms with van der Waals surface area (Å²) in [5, 5.41) is 3.10. The van der Waals surface area contributed by atoms with Crippen molar-refractivity contribution in [1.82, 2.24) is 0 Å². The summed E-state index contributed by atoms with van der Waals surface area (Å²) in [6.45, 7) is 5.92. The van der Waals surface area contributed by atoms with Crippen molar-refractivity contribution in [2.24, 2.45) is 4.40 Å². The smallest absolute Gasteiger partial charge is 0.286 e. The van der Waals surface area contributed by atoms with Crippen molar-refractivity contribution in [1.29, 1.82) is 0 Å². The molecule has 2 aromatic rings. The highest BCUT2D eigenvalue weighted by Crippen LogP contribution is 2.32. The Morgan fingerprint density at radius 1 is 1.12 bits per heavy atom. The first-order valence-corrected chi connectivity index (χ1v) is 9.58. The van der Waals surface area contributed by atoms with Gasteiger partial charge in [0.15, 0.2) is 5.84 Å². The number of para-hydroxylation sites is 1. The molecule has 0 radical (unpaired) electrons. The van der Waals surface area contributed by atoms with Crippen LogP contribution in [0.4, 0.5) is 11.4 Å². The number of anilines is 2. The van der Waals surface area contributed by atoms with Crippen molar-refractivity contribution in [3.8, 4) is 5.75 Å². The molecule has 0 saturated heterocycles. The molecule has 1 heterocycles. The molecule has 6 nitrogen and oxygen atoms in total. The number of sulfonamides is 1. The van der Waals surface area contributed by atoms with Crippen LogP contribution in [-0.2, 0) is 10.0 Å². The van der Waals surface area contributed by atoms with Crippen molar-refractivity contribution in [2.45, 2.75) is 18.7 Å². The highest BCUT2D eigenvalue weighted by molar-refractivity contribution is 7.90. The van der Waals surface area contributed by atoms with Gasteiger partial charge >= 0.3 is 0 Å². The topological polar surface area (TPSA) is 71.0 Å². The van der Waals surface area contributed by atoms with Gasteiger partial charge in [-0.05, 0) is 38.1 Å². The zero-order valence-electron chi connectivity index (χ0n) is 14.5. The zero-order chi connectivity index (χ0) is 18.0. The van der Waals surface area contributed by atoms with E-state index in [-0.39, 0.29) is 10.7 Å². The highest BCUT2D eigenvalue weighted by Gasteiger charge is 2.26. The van der Waals surface area contributed by atoms with E-state index in [4.69, 9.17) is 4.74 Å². The fourth-order valence-corrected chi connectivity index (χ4v) is 4.02. The molecule has 0 unspecified atom stereocenters. The minimum absolute atomic E-state index is 0.178. The van der Waals surface area contributed by atoms with Gasteiger partial charge in [-0.25, -0.2) is 0 Å². The number of benzene rings is 2. The monoisotopic (exact) mass is 359 g/mol. The first kappa shape index (κ1) is 17.3. The fraction of sp³-hybridized carbons (Fsp3) is 0.278. The molecular formula is C18H21N3O3S. The van der Waals surface area contributed by atoms with E-state index in [0.29, 0.717) is 17.0 Å². The zero-order valence-corrected chi connectivity index (χ0v) is 15.3. The average molecular weight is 359 g/mol. The van der Waals surface area contributed by atoms with Gasteiger partial charge in [0.25, 0.3) is 10.0 Å². The minimum atomic E-state index is -3.74. The summed E-state index contributed by atoms with van der Waals surface area (Å²) in [5.74, 6) is 0.840. The summed E-state index contributed by atoms with van der Waals surface area (Å²) in [4.78, 5) is 2.37. The van der Waals surface area contributed by atoms with Crippen LogP contribution in [0.2, 0.25) is 0 Å². The van der Waals surface area contributed by atoms with Crippen LogP contribution in [-0.4, -0.2) is 34.5 Å². The predicted octanol–water partition coefficient (Wildman–Crippen LogP) is 3.10. The number of rotatable bonds is 5. The molecule has 0 saturated carbocycles. The average Bonchev–Trinajstić information content (AvgIpc) is 2.62. The first-order chi connectivity index (χ1) is 12.0. The number of nitrogens with zero attached hydrogens (tertiary/aromatic N) is 2. The molecule has 0 amide bonds. The summed E-state index contributed by atoms with van der Waals surface area (Å²) in [6, 6.07) is 12.4. The molecule has 1 N–H and O–H groups in total. The number of ether oxygens (including phenoxy) is 1.